The summed E-state index contributed by atoms with van der Waals surface area (Å²) < 4.78 is 0. The van der Waals surface area contributed by atoms with Gasteiger partial charge in [-0.05, 0) is 44.0 Å². The highest BCUT2D eigenvalue weighted by atomic mass is 16.1. The van der Waals surface area contributed by atoms with E-state index in [4.69, 9.17) is 0 Å². The molecule has 0 aliphatic carbocycles. The van der Waals surface area contributed by atoms with Crippen LogP contribution in [0, 0.1) is 0 Å². The zero-order chi connectivity index (χ0) is 13.1. The molecular weight excluding hydrogens is 238 g/mol. The van der Waals surface area contributed by atoms with E-state index >= 15 is 0 Å². The highest BCUT2D eigenvalue weighted by Crippen LogP contribution is 2.30. The van der Waals surface area contributed by atoms with E-state index in [9.17, 15) is 4.79 Å². The van der Waals surface area contributed by atoms with Gasteiger partial charge in [0.1, 0.15) is 0 Å². The normalized spacial score (nSPS) is 22.4. The van der Waals surface area contributed by atoms with Crippen LogP contribution in [-0.2, 0) is 11.2 Å². The van der Waals surface area contributed by atoms with Crippen LogP contribution in [0.1, 0.15) is 24.8 Å². The van der Waals surface area contributed by atoms with Crippen molar-refractivity contribution in [1.29, 1.82) is 0 Å². The molecule has 0 radical (unpaired) electrons. The number of fused-ring (bicyclic) bond motifs is 1. The lowest BCUT2D eigenvalue weighted by atomic mass is 9.84. The molecule has 1 aromatic rings. The second-order valence-corrected chi connectivity index (χ2v) is 5.59. The molecule has 0 aromatic heterocycles. The van der Waals surface area contributed by atoms with Crippen LogP contribution < -0.4 is 16.0 Å². The van der Waals surface area contributed by atoms with Crippen LogP contribution in [0.2, 0.25) is 0 Å². The summed E-state index contributed by atoms with van der Waals surface area (Å²) >= 11 is 0. The van der Waals surface area contributed by atoms with Gasteiger partial charge in [0.2, 0.25) is 5.91 Å². The Labute approximate surface area is 114 Å². The Morgan fingerprint density at radius 1 is 1.05 bits per heavy atom. The van der Waals surface area contributed by atoms with Crippen molar-refractivity contribution in [3.8, 4) is 0 Å². The van der Waals surface area contributed by atoms with Crippen molar-refractivity contribution in [2.24, 2.45) is 0 Å². The molecule has 1 amide bonds. The minimum Gasteiger partial charge on any atom is -0.379 e. The average Bonchev–Trinajstić information content (AvgIpc) is 2.47. The molecule has 1 saturated heterocycles. The van der Waals surface area contributed by atoms with Crippen molar-refractivity contribution in [2.45, 2.75) is 31.2 Å². The zero-order valence-corrected chi connectivity index (χ0v) is 11.2. The monoisotopic (exact) mass is 259 g/mol. The molecule has 1 aromatic carbocycles. The summed E-state index contributed by atoms with van der Waals surface area (Å²) in [6, 6.07) is 8.41. The van der Waals surface area contributed by atoms with E-state index in [-0.39, 0.29) is 11.4 Å². The van der Waals surface area contributed by atoms with Crippen LogP contribution in [0.4, 0.5) is 5.69 Å². The minimum atomic E-state index is -0.0875. The van der Waals surface area contributed by atoms with Crippen molar-refractivity contribution >= 4 is 11.6 Å². The number of carbonyl (C=O) groups excluding carboxylic acids is 1. The highest BCUT2D eigenvalue weighted by molar-refractivity contribution is 5.78. The number of hydrogen-bond donors (Lipinski definition) is 3. The third-order valence-corrected chi connectivity index (χ3v) is 4.19. The Hall–Kier alpha value is -1.55. The van der Waals surface area contributed by atoms with Gasteiger partial charge in [0.25, 0.3) is 0 Å². The third-order valence-electron chi connectivity index (χ3n) is 4.19. The van der Waals surface area contributed by atoms with Crippen LogP contribution in [-0.4, -0.2) is 31.1 Å². The van der Waals surface area contributed by atoms with Crippen LogP contribution in [0.15, 0.2) is 24.3 Å². The van der Waals surface area contributed by atoms with Gasteiger partial charge in [0.05, 0.1) is 0 Å². The predicted octanol–water partition coefficient (Wildman–Crippen LogP) is 1.28. The molecule has 3 N–H and O–H groups in total. The molecule has 102 valence electrons. The van der Waals surface area contributed by atoms with E-state index in [0.29, 0.717) is 6.42 Å². The first-order valence-electron chi connectivity index (χ1n) is 7.11. The van der Waals surface area contributed by atoms with Gasteiger partial charge in [-0.3, -0.25) is 4.79 Å². The van der Waals surface area contributed by atoms with E-state index in [1.807, 2.05) is 0 Å². The lowest BCUT2D eigenvalue weighted by Crippen LogP contribution is -2.50. The summed E-state index contributed by atoms with van der Waals surface area (Å²) in [5.41, 5.74) is 2.40. The molecule has 4 heteroatoms. The number of para-hydroxylation sites is 1. The van der Waals surface area contributed by atoms with Gasteiger partial charge in [-0.1, -0.05) is 18.2 Å². The molecule has 4 nitrogen and oxygen atoms in total. The minimum absolute atomic E-state index is 0.0875. The van der Waals surface area contributed by atoms with E-state index in [2.05, 4.69) is 40.2 Å². The third kappa shape index (κ3) is 2.73. The number of benzene rings is 1. The topological polar surface area (TPSA) is 53.2 Å². The molecule has 0 bridgehead atoms. The molecular formula is C15H21N3O. The van der Waals surface area contributed by atoms with Gasteiger partial charge in [-0.15, -0.1) is 0 Å². The summed E-state index contributed by atoms with van der Waals surface area (Å²) in [5.74, 6) is 0.169. The summed E-state index contributed by atoms with van der Waals surface area (Å²) in [6.07, 6.45) is 3.45. The summed E-state index contributed by atoms with van der Waals surface area (Å²) in [5, 5.41) is 10.1. The van der Waals surface area contributed by atoms with Gasteiger partial charge in [0, 0.05) is 24.2 Å². The smallest absolute Gasteiger partial charge is 0.222 e. The number of anilines is 1. The fourth-order valence-electron chi connectivity index (χ4n) is 3.10. The number of carbonyl (C=O) groups is 1. The van der Waals surface area contributed by atoms with Gasteiger partial charge >= 0.3 is 0 Å². The van der Waals surface area contributed by atoms with Crippen molar-refractivity contribution in [3.05, 3.63) is 29.8 Å². The van der Waals surface area contributed by atoms with E-state index in [1.54, 1.807) is 0 Å². The Morgan fingerprint density at radius 2 is 1.84 bits per heavy atom. The fraction of sp³-hybridized carbons (Fsp3) is 0.533. The summed E-state index contributed by atoms with van der Waals surface area (Å²) in [7, 11) is 0. The van der Waals surface area contributed by atoms with E-state index < -0.39 is 0 Å². The predicted molar refractivity (Wildman–Crippen MR) is 76.2 cm³/mol. The largest absolute Gasteiger partial charge is 0.379 e. The number of hydrogen-bond acceptors (Lipinski definition) is 3. The SMILES string of the molecule is O=C1CC2(CCNCC2)Nc2ccccc2CCN1. The van der Waals surface area contributed by atoms with Gasteiger partial charge < -0.3 is 16.0 Å². The maximum atomic E-state index is 12.0. The second kappa shape index (κ2) is 5.21. The Kier molecular flexibility index (Phi) is 3.42. The Bertz CT molecular complexity index is 466. The van der Waals surface area contributed by atoms with Gasteiger partial charge in [-0.2, -0.15) is 0 Å². The van der Waals surface area contributed by atoms with Crippen LogP contribution in [0.25, 0.3) is 0 Å². The quantitative estimate of drug-likeness (QED) is 0.658. The molecule has 0 atom stereocenters. The van der Waals surface area contributed by atoms with Gasteiger partial charge in [-0.25, -0.2) is 0 Å². The highest BCUT2D eigenvalue weighted by Gasteiger charge is 2.35. The summed E-state index contributed by atoms with van der Waals surface area (Å²) in [6.45, 7) is 2.68. The molecule has 2 aliphatic rings. The first-order valence-corrected chi connectivity index (χ1v) is 7.11. The number of nitrogens with one attached hydrogen (secondary N) is 3. The fourth-order valence-corrected chi connectivity index (χ4v) is 3.10. The summed E-state index contributed by atoms with van der Waals surface area (Å²) in [4.78, 5) is 12.0. The van der Waals surface area contributed by atoms with Crippen molar-refractivity contribution in [2.75, 3.05) is 25.0 Å². The molecule has 2 heterocycles. The molecule has 3 rings (SSSR count). The zero-order valence-electron chi connectivity index (χ0n) is 11.2. The van der Waals surface area contributed by atoms with Crippen molar-refractivity contribution < 1.29 is 4.79 Å². The van der Waals surface area contributed by atoms with Crippen LogP contribution >= 0.6 is 0 Å². The number of piperidine rings is 1. The number of amides is 1. The molecule has 1 fully saturated rings. The van der Waals surface area contributed by atoms with Gasteiger partial charge in [0.15, 0.2) is 0 Å². The van der Waals surface area contributed by atoms with Crippen molar-refractivity contribution in [3.63, 3.8) is 0 Å². The van der Waals surface area contributed by atoms with Crippen molar-refractivity contribution in [1.82, 2.24) is 10.6 Å². The number of rotatable bonds is 0. The molecule has 0 saturated carbocycles. The molecule has 19 heavy (non-hydrogen) atoms. The lowest BCUT2D eigenvalue weighted by Gasteiger charge is -2.39. The van der Waals surface area contributed by atoms with Crippen LogP contribution in [0.5, 0.6) is 0 Å². The molecule has 1 spiro atoms. The Morgan fingerprint density at radius 3 is 2.68 bits per heavy atom. The van der Waals surface area contributed by atoms with Crippen LogP contribution in [0.3, 0.4) is 0 Å². The first kappa shape index (κ1) is 12.5. The Balaban J connectivity index is 1.93. The standard InChI is InChI=1S/C15H21N3O/c19-14-11-15(6-9-16-10-7-15)18-13-4-2-1-3-12(13)5-8-17-14/h1-4,16,18H,5-11H2,(H,17,19). The lowest BCUT2D eigenvalue weighted by molar-refractivity contribution is -0.122. The molecule has 2 aliphatic heterocycles. The maximum Gasteiger partial charge on any atom is 0.222 e. The average molecular weight is 259 g/mol. The maximum absolute atomic E-state index is 12.0. The van der Waals surface area contributed by atoms with E-state index in [0.717, 1.165) is 38.9 Å². The molecule has 0 unspecified atom stereocenters. The second-order valence-electron chi connectivity index (χ2n) is 5.59. The van der Waals surface area contributed by atoms with E-state index in [1.165, 1.54) is 11.3 Å². The first-order chi connectivity index (χ1) is 9.27.